The maximum absolute atomic E-state index is 5.62. The number of anilines is 1. The summed E-state index contributed by atoms with van der Waals surface area (Å²) in [5, 5.41) is 2.34. The Bertz CT molecular complexity index is 1890. The Kier molecular flexibility index (Phi) is 7.21. The summed E-state index contributed by atoms with van der Waals surface area (Å²) >= 11 is 0. The molecule has 0 atom stereocenters. The highest BCUT2D eigenvalue weighted by Gasteiger charge is 2.16. The topological polar surface area (TPSA) is 53.6 Å². The lowest BCUT2D eigenvalue weighted by Gasteiger charge is -2.34. The van der Waals surface area contributed by atoms with Crippen molar-refractivity contribution >= 4 is 27.6 Å². The molecule has 1 saturated heterocycles. The van der Waals surface area contributed by atoms with Gasteiger partial charge in [-0.25, -0.2) is 4.98 Å². The van der Waals surface area contributed by atoms with Crippen LogP contribution >= 0.6 is 0 Å². The maximum Gasteiger partial charge on any atom is 0.138 e. The SMILES string of the molecule is COc1ccc(Cc2ccc(-c3ccnc4[nH]c5ccc(-c6ccc(N7CCN(C)CC7)cc6)cc5c34)cc2)c(OC)c1. The minimum absolute atomic E-state index is 0.781. The number of H-pyrrole nitrogens is 1. The van der Waals surface area contributed by atoms with Gasteiger partial charge in [-0.2, -0.15) is 0 Å². The van der Waals surface area contributed by atoms with E-state index < -0.39 is 0 Å². The summed E-state index contributed by atoms with van der Waals surface area (Å²) in [5.41, 5.74) is 10.4. The zero-order valence-electron chi connectivity index (χ0n) is 24.9. The number of benzene rings is 4. The van der Waals surface area contributed by atoms with Gasteiger partial charge in [-0.15, -0.1) is 0 Å². The normalized spacial score (nSPS) is 14.0. The van der Waals surface area contributed by atoms with Gasteiger partial charge < -0.3 is 24.3 Å². The van der Waals surface area contributed by atoms with Crippen LogP contribution in [0.15, 0.2) is 97.2 Å². The fourth-order valence-electron chi connectivity index (χ4n) is 6.19. The van der Waals surface area contributed by atoms with E-state index in [0.29, 0.717) is 0 Å². The van der Waals surface area contributed by atoms with Gasteiger partial charge in [0.25, 0.3) is 0 Å². The molecular formula is C37H36N4O2. The molecule has 0 amide bonds. The van der Waals surface area contributed by atoms with Crippen LogP contribution in [0, 0.1) is 0 Å². The molecule has 4 aromatic carbocycles. The molecule has 0 unspecified atom stereocenters. The second-order valence-electron chi connectivity index (χ2n) is 11.4. The first-order valence-electron chi connectivity index (χ1n) is 14.8. The van der Waals surface area contributed by atoms with Gasteiger partial charge in [0.15, 0.2) is 0 Å². The summed E-state index contributed by atoms with van der Waals surface area (Å²) in [4.78, 5) is 13.1. The molecule has 3 heterocycles. The predicted octanol–water partition coefficient (Wildman–Crippen LogP) is 7.41. The first kappa shape index (κ1) is 27.0. The van der Waals surface area contributed by atoms with Crippen LogP contribution in [0.25, 0.3) is 44.2 Å². The van der Waals surface area contributed by atoms with Crippen LogP contribution in [0.3, 0.4) is 0 Å². The first-order chi connectivity index (χ1) is 21.1. The van der Waals surface area contributed by atoms with E-state index in [9.17, 15) is 0 Å². The minimum atomic E-state index is 0.781. The van der Waals surface area contributed by atoms with E-state index in [1.54, 1.807) is 14.2 Å². The largest absolute Gasteiger partial charge is 0.497 e. The van der Waals surface area contributed by atoms with Gasteiger partial charge in [-0.1, -0.05) is 48.5 Å². The molecule has 7 rings (SSSR count). The van der Waals surface area contributed by atoms with Crippen molar-refractivity contribution in [2.75, 3.05) is 52.3 Å². The molecule has 1 aliphatic heterocycles. The molecule has 6 nitrogen and oxygen atoms in total. The Morgan fingerprint density at radius 2 is 1.49 bits per heavy atom. The lowest BCUT2D eigenvalue weighted by molar-refractivity contribution is 0.313. The molecule has 6 heteroatoms. The Balaban J connectivity index is 1.19. The van der Waals surface area contributed by atoms with E-state index >= 15 is 0 Å². The summed E-state index contributed by atoms with van der Waals surface area (Å²) in [5.74, 6) is 1.63. The highest BCUT2D eigenvalue weighted by molar-refractivity contribution is 6.13. The van der Waals surface area contributed by atoms with Crippen molar-refractivity contribution in [2.45, 2.75) is 6.42 Å². The van der Waals surface area contributed by atoms with Gasteiger partial charge in [0.2, 0.25) is 0 Å². The number of fused-ring (bicyclic) bond motifs is 3. The smallest absolute Gasteiger partial charge is 0.138 e. The molecule has 1 aliphatic rings. The zero-order valence-corrected chi connectivity index (χ0v) is 24.9. The Hall–Kier alpha value is -4.81. The Morgan fingerprint density at radius 1 is 0.744 bits per heavy atom. The lowest BCUT2D eigenvalue weighted by atomic mass is 9.97. The molecule has 0 bridgehead atoms. The molecule has 6 aromatic rings. The maximum atomic E-state index is 5.62. The highest BCUT2D eigenvalue weighted by Crippen LogP contribution is 2.36. The number of hydrogen-bond acceptors (Lipinski definition) is 5. The van der Waals surface area contributed by atoms with Crippen LogP contribution in [0.2, 0.25) is 0 Å². The third kappa shape index (κ3) is 5.30. The van der Waals surface area contributed by atoms with Crippen LogP contribution in [0.1, 0.15) is 11.1 Å². The number of likely N-dealkylation sites (N-methyl/N-ethyl adjacent to an activating group) is 1. The quantitative estimate of drug-likeness (QED) is 0.217. The molecule has 0 saturated carbocycles. The van der Waals surface area contributed by atoms with Crippen molar-refractivity contribution in [3.8, 4) is 33.8 Å². The van der Waals surface area contributed by atoms with Gasteiger partial charge >= 0.3 is 0 Å². The van der Waals surface area contributed by atoms with Crippen LogP contribution in [0.4, 0.5) is 5.69 Å². The summed E-state index contributed by atoms with van der Waals surface area (Å²) in [6.45, 7) is 4.36. The number of methoxy groups -OCH3 is 2. The third-order valence-corrected chi connectivity index (χ3v) is 8.72. The van der Waals surface area contributed by atoms with E-state index in [2.05, 4.69) is 101 Å². The predicted molar refractivity (Wildman–Crippen MR) is 177 cm³/mol. The van der Waals surface area contributed by atoms with Crippen molar-refractivity contribution in [3.05, 3.63) is 108 Å². The van der Waals surface area contributed by atoms with Crippen molar-refractivity contribution in [1.29, 1.82) is 0 Å². The molecule has 43 heavy (non-hydrogen) atoms. The van der Waals surface area contributed by atoms with Crippen LogP contribution < -0.4 is 14.4 Å². The number of rotatable bonds is 7. The molecule has 0 aliphatic carbocycles. The molecule has 216 valence electrons. The number of aromatic amines is 1. The lowest BCUT2D eigenvalue weighted by Crippen LogP contribution is -2.44. The summed E-state index contributed by atoms with van der Waals surface area (Å²) in [6, 6.07) is 32.6. The van der Waals surface area contributed by atoms with Crippen molar-refractivity contribution in [1.82, 2.24) is 14.9 Å². The van der Waals surface area contributed by atoms with E-state index in [4.69, 9.17) is 14.5 Å². The second-order valence-corrected chi connectivity index (χ2v) is 11.4. The Morgan fingerprint density at radius 3 is 2.23 bits per heavy atom. The number of nitrogens with one attached hydrogen (secondary N) is 1. The van der Waals surface area contributed by atoms with E-state index in [-0.39, 0.29) is 0 Å². The van der Waals surface area contributed by atoms with Crippen molar-refractivity contribution < 1.29 is 9.47 Å². The molecular weight excluding hydrogens is 532 g/mol. The standard InChI is InChI=1S/C37H36N4O2/c1-40-18-20-41(21-19-40)30-12-8-26(9-13-30)28-11-15-34-33(23-28)36-32(16-17-38-37(36)39-34)27-6-4-25(5-7-27)22-29-10-14-31(42-2)24-35(29)43-3/h4-17,23-24H,18-22H2,1-3H3,(H,38,39). The van der Waals surface area contributed by atoms with Gasteiger partial charge in [0.1, 0.15) is 17.1 Å². The molecule has 1 N–H and O–H groups in total. The average molecular weight is 569 g/mol. The highest BCUT2D eigenvalue weighted by atomic mass is 16.5. The number of hydrogen-bond donors (Lipinski definition) is 1. The zero-order chi connectivity index (χ0) is 29.3. The number of ether oxygens (including phenoxy) is 2. The van der Waals surface area contributed by atoms with E-state index in [0.717, 1.165) is 66.2 Å². The molecule has 0 spiro atoms. The first-order valence-corrected chi connectivity index (χ1v) is 14.8. The number of piperazine rings is 1. The van der Waals surface area contributed by atoms with Crippen molar-refractivity contribution in [2.24, 2.45) is 0 Å². The fraction of sp³-hybridized carbons (Fsp3) is 0.216. The fourth-order valence-corrected chi connectivity index (χ4v) is 6.19. The summed E-state index contributed by atoms with van der Waals surface area (Å²) < 4.78 is 11.0. The molecule has 1 fully saturated rings. The summed E-state index contributed by atoms with van der Waals surface area (Å²) in [6.07, 6.45) is 2.67. The van der Waals surface area contributed by atoms with Gasteiger partial charge in [-0.05, 0) is 76.8 Å². The van der Waals surface area contributed by atoms with Crippen LogP contribution in [0.5, 0.6) is 11.5 Å². The van der Waals surface area contributed by atoms with Gasteiger partial charge in [0.05, 0.1) is 14.2 Å². The van der Waals surface area contributed by atoms with E-state index in [1.165, 1.54) is 38.9 Å². The average Bonchev–Trinajstić information content (AvgIpc) is 3.44. The van der Waals surface area contributed by atoms with Crippen LogP contribution in [-0.2, 0) is 6.42 Å². The van der Waals surface area contributed by atoms with Crippen LogP contribution in [-0.4, -0.2) is 62.3 Å². The number of pyridine rings is 1. The molecule has 2 aromatic heterocycles. The monoisotopic (exact) mass is 568 g/mol. The van der Waals surface area contributed by atoms with Crippen molar-refractivity contribution in [3.63, 3.8) is 0 Å². The minimum Gasteiger partial charge on any atom is -0.497 e. The Labute approximate surface area is 252 Å². The van der Waals surface area contributed by atoms with Gasteiger partial charge in [0, 0.05) is 66.8 Å². The van der Waals surface area contributed by atoms with E-state index in [1.807, 2.05) is 18.3 Å². The molecule has 0 radical (unpaired) electrons. The number of nitrogens with zero attached hydrogens (tertiary/aromatic N) is 3. The summed E-state index contributed by atoms with van der Waals surface area (Å²) in [7, 11) is 5.56. The van der Waals surface area contributed by atoms with Gasteiger partial charge in [-0.3, -0.25) is 0 Å². The third-order valence-electron chi connectivity index (χ3n) is 8.72. The number of aromatic nitrogens is 2. The second kappa shape index (κ2) is 11.5.